The first kappa shape index (κ1) is 12.1. The van der Waals surface area contributed by atoms with E-state index in [4.69, 9.17) is 15.2 Å². The van der Waals surface area contributed by atoms with Gasteiger partial charge in [0.1, 0.15) is 13.2 Å². The molecule has 0 amide bonds. The lowest BCUT2D eigenvalue weighted by molar-refractivity contribution is 0.171. The molecule has 84 valence electrons. The predicted octanol–water partition coefficient (Wildman–Crippen LogP) is 2.29. The fourth-order valence-corrected chi connectivity index (χ4v) is 1.53. The van der Waals surface area contributed by atoms with Crippen molar-refractivity contribution >= 4 is 12.4 Å². The summed E-state index contributed by atoms with van der Waals surface area (Å²) in [5, 5.41) is 0. The highest BCUT2D eigenvalue weighted by atomic mass is 35.5. The van der Waals surface area contributed by atoms with Gasteiger partial charge in [-0.05, 0) is 24.1 Å². The zero-order valence-electron chi connectivity index (χ0n) is 8.73. The average molecular weight is 230 g/mol. The lowest BCUT2D eigenvalue weighted by Crippen LogP contribution is -2.16. The van der Waals surface area contributed by atoms with E-state index in [1.54, 1.807) is 0 Å². The molecule has 1 unspecified atom stereocenters. The predicted molar refractivity (Wildman–Crippen MR) is 61.9 cm³/mol. The number of halogens is 1. The van der Waals surface area contributed by atoms with Gasteiger partial charge in [0.05, 0.1) is 0 Å². The van der Waals surface area contributed by atoms with Gasteiger partial charge in [0.2, 0.25) is 0 Å². The maximum absolute atomic E-state index is 5.93. The first-order chi connectivity index (χ1) is 6.81. The van der Waals surface area contributed by atoms with Gasteiger partial charge in [0.25, 0.3) is 0 Å². The number of hydrogen-bond acceptors (Lipinski definition) is 3. The van der Waals surface area contributed by atoms with Gasteiger partial charge in [0, 0.05) is 6.04 Å². The van der Waals surface area contributed by atoms with E-state index in [0.29, 0.717) is 13.2 Å². The van der Waals surface area contributed by atoms with Gasteiger partial charge < -0.3 is 15.2 Å². The SMILES string of the molecule is CCC(N)c1ccc2c(c1)OCCO2.Cl. The van der Waals surface area contributed by atoms with Crippen molar-refractivity contribution in [3.05, 3.63) is 23.8 Å². The number of hydrogen-bond donors (Lipinski definition) is 1. The first-order valence-electron chi connectivity index (χ1n) is 4.96. The molecule has 0 fully saturated rings. The van der Waals surface area contributed by atoms with Crippen molar-refractivity contribution in [2.45, 2.75) is 19.4 Å². The highest BCUT2D eigenvalue weighted by Crippen LogP contribution is 2.32. The molecule has 0 bridgehead atoms. The lowest BCUT2D eigenvalue weighted by Gasteiger charge is -2.20. The number of benzene rings is 1. The molecule has 0 spiro atoms. The Morgan fingerprint density at radius 2 is 1.93 bits per heavy atom. The Hall–Kier alpha value is -0.930. The van der Waals surface area contributed by atoms with Crippen LogP contribution in [0.2, 0.25) is 0 Å². The third-order valence-electron chi connectivity index (χ3n) is 2.43. The summed E-state index contributed by atoms with van der Waals surface area (Å²) in [6.45, 7) is 3.32. The Kier molecular flexibility index (Phi) is 4.24. The molecule has 0 aliphatic carbocycles. The molecule has 3 nitrogen and oxygen atoms in total. The molecular weight excluding hydrogens is 214 g/mol. The normalized spacial score (nSPS) is 15.3. The smallest absolute Gasteiger partial charge is 0.161 e. The van der Waals surface area contributed by atoms with Crippen LogP contribution in [0.5, 0.6) is 11.5 Å². The average Bonchev–Trinajstić information content (AvgIpc) is 2.27. The van der Waals surface area contributed by atoms with E-state index in [0.717, 1.165) is 23.5 Å². The van der Waals surface area contributed by atoms with Crippen molar-refractivity contribution in [3.63, 3.8) is 0 Å². The van der Waals surface area contributed by atoms with Crippen LogP contribution in [0, 0.1) is 0 Å². The molecule has 1 aliphatic heterocycles. The molecule has 15 heavy (non-hydrogen) atoms. The van der Waals surface area contributed by atoms with Gasteiger partial charge in [-0.15, -0.1) is 12.4 Å². The van der Waals surface area contributed by atoms with Gasteiger partial charge in [-0.2, -0.15) is 0 Å². The fraction of sp³-hybridized carbons (Fsp3) is 0.455. The highest BCUT2D eigenvalue weighted by molar-refractivity contribution is 5.85. The molecule has 2 N–H and O–H groups in total. The highest BCUT2D eigenvalue weighted by Gasteiger charge is 2.13. The Bertz CT molecular complexity index is 330. The Labute approximate surface area is 96.0 Å². The van der Waals surface area contributed by atoms with Crippen LogP contribution in [0.15, 0.2) is 18.2 Å². The monoisotopic (exact) mass is 229 g/mol. The third-order valence-corrected chi connectivity index (χ3v) is 2.43. The van der Waals surface area contributed by atoms with E-state index in [-0.39, 0.29) is 18.4 Å². The molecule has 1 aromatic carbocycles. The van der Waals surface area contributed by atoms with Gasteiger partial charge in [0.15, 0.2) is 11.5 Å². The number of fused-ring (bicyclic) bond motifs is 1. The lowest BCUT2D eigenvalue weighted by atomic mass is 10.0. The molecule has 1 atom stereocenters. The van der Waals surface area contributed by atoms with Crippen molar-refractivity contribution < 1.29 is 9.47 Å². The van der Waals surface area contributed by atoms with Crippen molar-refractivity contribution in [3.8, 4) is 11.5 Å². The van der Waals surface area contributed by atoms with Crippen LogP contribution >= 0.6 is 12.4 Å². The molecule has 0 saturated carbocycles. The summed E-state index contributed by atoms with van der Waals surface area (Å²) in [6, 6.07) is 6.00. The van der Waals surface area contributed by atoms with Crippen molar-refractivity contribution in [2.75, 3.05) is 13.2 Å². The van der Waals surface area contributed by atoms with Crippen LogP contribution in [0.1, 0.15) is 24.9 Å². The van der Waals surface area contributed by atoms with Crippen LogP contribution in [-0.4, -0.2) is 13.2 Å². The van der Waals surface area contributed by atoms with Gasteiger partial charge in [-0.1, -0.05) is 13.0 Å². The topological polar surface area (TPSA) is 44.5 Å². The fourth-order valence-electron chi connectivity index (χ4n) is 1.53. The molecule has 0 saturated heterocycles. The molecule has 2 rings (SSSR count). The maximum Gasteiger partial charge on any atom is 0.161 e. The van der Waals surface area contributed by atoms with Gasteiger partial charge >= 0.3 is 0 Å². The maximum atomic E-state index is 5.93. The molecular formula is C11H16ClNO2. The Morgan fingerprint density at radius 3 is 2.60 bits per heavy atom. The second kappa shape index (κ2) is 5.24. The first-order valence-corrected chi connectivity index (χ1v) is 4.96. The summed E-state index contributed by atoms with van der Waals surface area (Å²) >= 11 is 0. The summed E-state index contributed by atoms with van der Waals surface area (Å²) in [4.78, 5) is 0. The number of nitrogens with two attached hydrogens (primary N) is 1. The third kappa shape index (κ3) is 2.55. The molecule has 4 heteroatoms. The largest absolute Gasteiger partial charge is 0.486 e. The Balaban J connectivity index is 0.00000112. The molecule has 1 aliphatic rings. The van der Waals surface area contributed by atoms with Gasteiger partial charge in [-0.3, -0.25) is 0 Å². The van der Waals surface area contributed by atoms with Crippen molar-refractivity contribution in [2.24, 2.45) is 5.73 Å². The molecule has 0 aromatic heterocycles. The van der Waals surface area contributed by atoms with Crippen LogP contribution in [0.25, 0.3) is 0 Å². The quantitative estimate of drug-likeness (QED) is 0.846. The second-order valence-electron chi connectivity index (χ2n) is 3.42. The standard InChI is InChI=1S/C11H15NO2.ClH/c1-2-9(12)8-3-4-10-11(7-8)14-6-5-13-10;/h3-4,7,9H,2,5-6,12H2,1H3;1H. The number of ether oxygens (including phenoxy) is 2. The van der Waals surface area contributed by atoms with Crippen LogP contribution in [0.4, 0.5) is 0 Å². The summed E-state index contributed by atoms with van der Waals surface area (Å²) in [5.74, 6) is 1.64. The van der Waals surface area contributed by atoms with Crippen molar-refractivity contribution in [1.82, 2.24) is 0 Å². The van der Waals surface area contributed by atoms with E-state index in [1.807, 2.05) is 18.2 Å². The van der Waals surface area contributed by atoms with E-state index in [2.05, 4.69) is 6.92 Å². The molecule has 0 radical (unpaired) electrons. The summed E-state index contributed by atoms with van der Waals surface area (Å²) < 4.78 is 10.9. The summed E-state index contributed by atoms with van der Waals surface area (Å²) in [7, 11) is 0. The Morgan fingerprint density at radius 1 is 1.27 bits per heavy atom. The minimum absolute atomic E-state index is 0. The minimum atomic E-state index is 0. The van der Waals surface area contributed by atoms with E-state index in [1.165, 1.54) is 0 Å². The summed E-state index contributed by atoms with van der Waals surface area (Å²) in [5.41, 5.74) is 7.04. The zero-order valence-corrected chi connectivity index (χ0v) is 9.55. The number of rotatable bonds is 2. The van der Waals surface area contributed by atoms with Crippen LogP contribution in [-0.2, 0) is 0 Å². The van der Waals surface area contributed by atoms with E-state index < -0.39 is 0 Å². The summed E-state index contributed by atoms with van der Waals surface area (Å²) in [6.07, 6.45) is 0.930. The van der Waals surface area contributed by atoms with E-state index >= 15 is 0 Å². The van der Waals surface area contributed by atoms with Crippen LogP contribution in [0.3, 0.4) is 0 Å². The molecule has 1 aromatic rings. The van der Waals surface area contributed by atoms with Gasteiger partial charge in [-0.25, -0.2) is 0 Å². The van der Waals surface area contributed by atoms with E-state index in [9.17, 15) is 0 Å². The minimum Gasteiger partial charge on any atom is -0.486 e. The van der Waals surface area contributed by atoms with Crippen LogP contribution < -0.4 is 15.2 Å². The van der Waals surface area contributed by atoms with Crippen molar-refractivity contribution in [1.29, 1.82) is 0 Å². The second-order valence-corrected chi connectivity index (χ2v) is 3.42. The zero-order chi connectivity index (χ0) is 9.97. The molecule has 1 heterocycles.